The second-order valence-corrected chi connectivity index (χ2v) is 5.78. The highest BCUT2D eigenvalue weighted by molar-refractivity contribution is 5.77. The van der Waals surface area contributed by atoms with E-state index in [1.165, 1.54) is 0 Å². The number of carbonyl (C=O) groups is 2. The van der Waals surface area contributed by atoms with E-state index in [9.17, 15) is 9.59 Å². The molecule has 4 heteroatoms. The molecule has 18 heavy (non-hydrogen) atoms. The van der Waals surface area contributed by atoms with Gasteiger partial charge in [0.25, 0.3) is 0 Å². The first-order valence-corrected chi connectivity index (χ1v) is 6.34. The van der Waals surface area contributed by atoms with E-state index in [4.69, 9.17) is 9.47 Å². The van der Waals surface area contributed by atoms with E-state index in [0.717, 1.165) is 0 Å². The van der Waals surface area contributed by atoms with Crippen LogP contribution in [-0.4, -0.2) is 18.0 Å². The van der Waals surface area contributed by atoms with Gasteiger partial charge in [0.05, 0.1) is 11.3 Å². The van der Waals surface area contributed by atoms with Crippen molar-refractivity contribution in [2.75, 3.05) is 0 Å². The molecule has 0 N–H and O–H groups in total. The first-order chi connectivity index (χ1) is 8.24. The molecule has 2 unspecified atom stereocenters. The molecule has 0 aromatic carbocycles. The van der Waals surface area contributed by atoms with Crippen molar-refractivity contribution in [1.29, 1.82) is 0 Å². The summed E-state index contributed by atoms with van der Waals surface area (Å²) in [5.74, 6) is -0.220. The topological polar surface area (TPSA) is 52.6 Å². The lowest BCUT2D eigenvalue weighted by Crippen LogP contribution is -2.29. The van der Waals surface area contributed by atoms with Gasteiger partial charge in [-0.1, -0.05) is 13.5 Å². The van der Waals surface area contributed by atoms with Crippen molar-refractivity contribution in [2.45, 2.75) is 53.1 Å². The number of ether oxygens (including phenoxy) is 2. The highest BCUT2D eigenvalue weighted by Crippen LogP contribution is 2.29. The Hall–Kier alpha value is -1.32. The molecule has 0 aromatic rings. The van der Waals surface area contributed by atoms with Gasteiger partial charge in [-0.3, -0.25) is 9.59 Å². The summed E-state index contributed by atoms with van der Waals surface area (Å²) < 4.78 is 10.4. The fourth-order valence-electron chi connectivity index (χ4n) is 1.75. The Morgan fingerprint density at radius 1 is 1.56 bits per heavy atom. The first kappa shape index (κ1) is 14.7. The summed E-state index contributed by atoms with van der Waals surface area (Å²) in [6, 6.07) is 0. The van der Waals surface area contributed by atoms with Crippen LogP contribution in [0.5, 0.6) is 0 Å². The van der Waals surface area contributed by atoms with Crippen LogP contribution in [0.1, 0.15) is 47.0 Å². The highest BCUT2D eigenvalue weighted by Gasteiger charge is 2.34. The molecular formula is C14H22O4. The smallest absolute Gasteiger partial charge is 0.314 e. The first-order valence-electron chi connectivity index (χ1n) is 6.34. The monoisotopic (exact) mass is 254 g/mol. The fourth-order valence-corrected chi connectivity index (χ4v) is 1.75. The number of hydrogen-bond acceptors (Lipinski definition) is 4. The molecule has 1 rings (SSSR count). The second-order valence-electron chi connectivity index (χ2n) is 5.78. The fraction of sp³-hybridized carbons (Fsp3) is 0.714. The summed E-state index contributed by atoms with van der Waals surface area (Å²) >= 11 is 0. The zero-order valence-corrected chi connectivity index (χ0v) is 11.6. The quantitative estimate of drug-likeness (QED) is 0.724. The van der Waals surface area contributed by atoms with E-state index in [-0.39, 0.29) is 24.0 Å². The maximum absolute atomic E-state index is 11.8. The van der Waals surface area contributed by atoms with Crippen molar-refractivity contribution in [1.82, 2.24) is 0 Å². The average Bonchev–Trinajstić information content (AvgIpc) is 2.54. The molecule has 1 heterocycles. The Balaban J connectivity index is 2.55. The maximum atomic E-state index is 11.8. The number of hydrogen-bond donors (Lipinski definition) is 0. The van der Waals surface area contributed by atoms with Gasteiger partial charge in [-0.15, -0.1) is 0 Å². The predicted molar refractivity (Wildman–Crippen MR) is 67.6 cm³/mol. The lowest BCUT2D eigenvalue weighted by atomic mass is 9.95. The Kier molecular flexibility index (Phi) is 4.54. The van der Waals surface area contributed by atoms with Gasteiger partial charge in [-0.25, -0.2) is 0 Å². The van der Waals surface area contributed by atoms with Crippen LogP contribution in [-0.2, 0) is 19.1 Å². The summed E-state index contributed by atoms with van der Waals surface area (Å²) in [5, 5.41) is 0. The molecule has 0 spiro atoms. The molecule has 4 nitrogen and oxygen atoms in total. The van der Waals surface area contributed by atoms with Crippen LogP contribution < -0.4 is 0 Å². The Labute approximate surface area is 108 Å². The Morgan fingerprint density at radius 2 is 2.17 bits per heavy atom. The Bertz CT molecular complexity index is 351. The number of rotatable bonds is 4. The zero-order valence-electron chi connectivity index (χ0n) is 11.6. The molecule has 0 amide bonds. The van der Waals surface area contributed by atoms with E-state index in [2.05, 4.69) is 6.58 Å². The van der Waals surface area contributed by atoms with Gasteiger partial charge in [-0.2, -0.15) is 0 Å². The summed E-state index contributed by atoms with van der Waals surface area (Å²) in [6.07, 6.45) is 1.50. The van der Waals surface area contributed by atoms with Crippen LogP contribution in [0.25, 0.3) is 0 Å². The molecule has 0 radical (unpaired) electrons. The van der Waals surface area contributed by atoms with Crippen molar-refractivity contribution >= 4 is 11.9 Å². The molecule has 0 aliphatic carbocycles. The minimum absolute atomic E-state index is 0.227. The minimum atomic E-state index is -0.521. The van der Waals surface area contributed by atoms with Crippen LogP contribution >= 0.6 is 0 Å². The summed E-state index contributed by atoms with van der Waals surface area (Å²) in [5.41, 5.74) is -0.521. The van der Waals surface area contributed by atoms with Gasteiger partial charge >= 0.3 is 11.9 Å². The summed E-state index contributed by atoms with van der Waals surface area (Å²) in [6.45, 7) is 11.0. The SMILES string of the molecule is C=C1CC(CC(CC)OC(=O)C(C)(C)C)C(=O)O1. The summed E-state index contributed by atoms with van der Waals surface area (Å²) in [4.78, 5) is 23.3. The number of allylic oxidation sites excluding steroid dienone is 1. The van der Waals surface area contributed by atoms with Crippen LogP contribution in [0.4, 0.5) is 0 Å². The lowest BCUT2D eigenvalue weighted by Gasteiger charge is -2.23. The number of carbonyl (C=O) groups excluding carboxylic acids is 2. The third kappa shape index (κ3) is 3.86. The molecule has 1 saturated heterocycles. The normalized spacial score (nSPS) is 21.7. The second kappa shape index (κ2) is 5.55. The van der Waals surface area contributed by atoms with Crippen LogP contribution in [0.15, 0.2) is 12.3 Å². The van der Waals surface area contributed by atoms with Gasteiger partial charge in [0.15, 0.2) is 0 Å². The van der Waals surface area contributed by atoms with E-state index >= 15 is 0 Å². The van der Waals surface area contributed by atoms with E-state index in [0.29, 0.717) is 25.0 Å². The van der Waals surface area contributed by atoms with Gasteiger partial charge in [-0.05, 0) is 33.6 Å². The highest BCUT2D eigenvalue weighted by atomic mass is 16.6. The molecular weight excluding hydrogens is 232 g/mol. The molecule has 102 valence electrons. The minimum Gasteiger partial charge on any atom is -0.462 e. The third-order valence-electron chi connectivity index (χ3n) is 2.94. The van der Waals surface area contributed by atoms with Gasteiger partial charge in [0, 0.05) is 6.42 Å². The molecule has 0 saturated carbocycles. The largest absolute Gasteiger partial charge is 0.462 e. The van der Waals surface area contributed by atoms with E-state index in [1.54, 1.807) is 0 Å². The lowest BCUT2D eigenvalue weighted by molar-refractivity contribution is -0.160. The summed E-state index contributed by atoms with van der Waals surface area (Å²) in [7, 11) is 0. The zero-order chi connectivity index (χ0) is 13.9. The van der Waals surface area contributed by atoms with E-state index in [1.807, 2.05) is 27.7 Å². The standard InChI is InChI=1S/C14H22O4/c1-6-11(18-13(16)14(3,4)5)8-10-7-9(2)17-12(10)15/h10-11H,2,6-8H2,1,3-5H3. The van der Waals surface area contributed by atoms with Crippen LogP contribution in [0, 0.1) is 11.3 Å². The van der Waals surface area contributed by atoms with Gasteiger partial charge in [0.2, 0.25) is 0 Å². The molecule has 0 bridgehead atoms. The van der Waals surface area contributed by atoms with Crippen molar-refractivity contribution in [3.8, 4) is 0 Å². The molecule has 1 aliphatic heterocycles. The van der Waals surface area contributed by atoms with Crippen LogP contribution in [0.2, 0.25) is 0 Å². The Morgan fingerprint density at radius 3 is 2.56 bits per heavy atom. The van der Waals surface area contributed by atoms with E-state index < -0.39 is 5.41 Å². The predicted octanol–water partition coefficient (Wildman–Crippen LogP) is 2.82. The van der Waals surface area contributed by atoms with Crippen molar-refractivity contribution in [2.24, 2.45) is 11.3 Å². The number of esters is 2. The maximum Gasteiger partial charge on any atom is 0.314 e. The number of cyclic esters (lactones) is 1. The van der Waals surface area contributed by atoms with Crippen LogP contribution in [0.3, 0.4) is 0 Å². The molecule has 1 fully saturated rings. The van der Waals surface area contributed by atoms with Crippen molar-refractivity contribution in [3.05, 3.63) is 12.3 Å². The van der Waals surface area contributed by atoms with Gasteiger partial charge < -0.3 is 9.47 Å². The van der Waals surface area contributed by atoms with Gasteiger partial charge in [0.1, 0.15) is 11.9 Å². The molecule has 1 aliphatic rings. The average molecular weight is 254 g/mol. The molecule has 0 aromatic heterocycles. The van der Waals surface area contributed by atoms with Crippen molar-refractivity contribution < 1.29 is 19.1 Å². The molecule has 2 atom stereocenters. The third-order valence-corrected chi connectivity index (χ3v) is 2.94. The van der Waals surface area contributed by atoms with Crippen molar-refractivity contribution in [3.63, 3.8) is 0 Å².